The Labute approximate surface area is 85.0 Å². The summed E-state index contributed by atoms with van der Waals surface area (Å²) in [5, 5.41) is 2.71. The molecule has 0 aromatic rings. The molecule has 4 nitrogen and oxygen atoms in total. The molecule has 5 heteroatoms. The first kappa shape index (κ1) is 11.5. The second-order valence-electron chi connectivity index (χ2n) is 4.97. The van der Waals surface area contributed by atoms with Crippen LogP contribution in [0.25, 0.3) is 0 Å². The Kier molecular flexibility index (Phi) is 2.42. The van der Waals surface area contributed by atoms with Gasteiger partial charge in [-0.2, -0.15) is 0 Å². The van der Waals surface area contributed by atoms with Crippen LogP contribution in [0.15, 0.2) is 0 Å². The van der Waals surface area contributed by atoms with Gasteiger partial charge in [0.2, 0.25) is 5.91 Å². The highest BCUT2D eigenvalue weighted by Crippen LogP contribution is 2.43. The number of sulfone groups is 1. The maximum absolute atomic E-state index is 11.7. The molecule has 1 N–H and O–H groups in total. The lowest BCUT2D eigenvalue weighted by Gasteiger charge is -2.23. The first-order valence-corrected chi connectivity index (χ1v) is 6.50. The molecule has 0 saturated heterocycles. The van der Waals surface area contributed by atoms with Crippen molar-refractivity contribution in [2.24, 2.45) is 0 Å². The predicted molar refractivity (Wildman–Crippen MR) is 54.7 cm³/mol. The first-order chi connectivity index (χ1) is 6.08. The molecule has 0 unspecified atom stereocenters. The summed E-state index contributed by atoms with van der Waals surface area (Å²) in [6.45, 7) is 5.51. The van der Waals surface area contributed by atoms with Gasteiger partial charge in [-0.1, -0.05) is 0 Å². The number of hydrogen-bond donors (Lipinski definition) is 1. The van der Waals surface area contributed by atoms with Crippen molar-refractivity contribution in [1.82, 2.24) is 5.32 Å². The summed E-state index contributed by atoms with van der Waals surface area (Å²) >= 11 is 0. The minimum atomic E-state index is -3.27. The van der Waals surface area contributed by atoms with E-state index in [1.54, 1.807) is 0 Å². The third-order valence-corrected chi connectivity index (χ3v) is 4.33. The van der Waals surface area contributed by atoms with E-state index in [2.05, 4.69) is 5.32 Å². The average molecular weight is 219 g/mol. The largest absolute Gasteiger partial charge is 0.350 e. The van der Waals surface area contributed by atoms with Crippen molar-refractivity contribution in [3.05, 3.63) is 0 Å². The Morgan fingerprint density at radius 1 is 1.29 bits per heavy atom. The van der Waals surface area contributed by atoms with E-state index in [9.17, 15) is 13.2 Å². The Bertz CT molecular complexity index is 347. The maximum atomic E-state index is 11.7. The number of carbonyl (C=O) groups excluding carboxylic acids is 1. The standard InChI is InChI=1S/C9H17NO3S/c1-8(2,3)10-7(11)9(5-6-9)14(4,12)13/h5-6H2,1-4H3,(H,10,11). The van der Waals surface area contributed by atoms with E-state index in [1.807, 2.05) is 20.8 Å². The number of carbonyl (C=O) groups is 1. The van der Waals surface area contributed by atoms with Gasteiger partial charge < -0.3 is 5.32 Å². The third kappa shape index (κ3) is 2.08. The molecular weight excluding hydrogens is 202 g/mol. The number of rotatable bonds is 2. The molecule has 0 radical (unpaired) electrons. The van der Waals surface area contributed by atoms with Crippen molar-refractivity contribution in [3.8, 4) is 0 Å². The summed E-state index contributed by atoms with van der Waals surface area (Å²) in [4.78, 5) is 11.7. The first-order valence-electron chi connectivity index (χ1n) is 4.61. The minimum Gasteiger partial charge on any atom is -0.350 e. The summed E-state index contributed by atoms with van der Waals surface area (Å²) in [7, 11) is -3.27. The predicted octanol–water partition coefficient (Wildman–Crippen LogP) is 0.478. The molecule has 82 valence electrons. The lowest BCUT2D eigenvalue weighted by molar-refractivity contribution is -0.122. The van der Waals surface area contributed by atoms with Crippen LogP contribution in [0, 0.1) is 0 Å². The molecule has 1 fully saturated rings. The highest BCUT2D eigenvalue weighted by atomic mass is 32.2. The number of hydrogen-bond acceptors (Lipinski definition) is 3. The molecule has 1 rings (SSSR count). The van der Waals surface area contributed by atoms with Gasteiger partial charge in [-0.15, -0.1) is 0 Å². The topological polar surface area (TPSA) is 63.2 Å². The van der Waals surface area contributed by atoms with Crippen LogP contribution in [-0.2, 0) is 14.6 Å². The zero-order valence-electron chi connectivity index (χ0n) is 9.05. The molecular formula is C9H17NO3S. The van der Waals surface area contributed by atoms with Crippen molar-refractivity contribution in [2.45, 2.75) is 43.9 Å². The van der Waals surface area contributed by atoms with E-state index in [0.29, 0.717) is 12.8 Å². The molecule has 0 bridgehead atoms. The highest BCUT2D eigenvalue weighted by Gasteiger charge is 2.59. The maximum Gasteiger partial charge on any atom is 0.241 e. The monoisotopic (exact) mass is 219 g/mol. The second kappa shape index (κ2) is 2.95. The van der Waals surface area contributed by atoms with Crippen LogP contribution in [0.2, 0.25) is 0 Å². The molecule has 1 amide bonds. The van der Waals surface area contributed by atoms with Gasteiger partial charge in [0.05, 0.1) is 0 Å². The van der Waals surface area contributed by atoms with Gasteiger partial charge in [0.25, 0.3) is 0 Å². The zero-order valence-corrected chi connectivity index (χ0v) is 9.86. The minimum absolute atomic E-state index is 0.354. The quantitative estimate of drug-likeness (QED) is 0.734. The number of amides is 1. The molecule has 1 aliphatic carbocycles. The van der Waals surface area contributed by atoms with Crippen molar-refractivity contribution >= 4 is 15.7 Å². The van der Waals surface area contributed by atoms with E-state index in [1.165, 1.54) is 0 Å². The van der Waals surface area contributed by atoms with E-state index in [0.717, 1.165) is 6.26 Å². The molecule has 0 aromatic carbocycles. The van der Waals surface area contributed by atoms with Crippen LogP contribution < -0.4 is 5.32 Å². The molecule has 0 aromatic heterocycles. The number of nitrogens with one attached hydrogen (secondary N) is 1. The summed E-state index contributed by atoms with van der Waals surface area (Å²) in [5.41, 5.74) is -0.378. The van der Waals surface area contributed by atoms with Crippen LogP contribution >= 0.6 is 0 Å². The highest BCUT2D eigenvalue weighted by molar-refractivity contribution is 7.93. The van der Waals surface area contributed by atoms with Gasteiger partial charge in [-0.25, -0.2) is 8.42 Å². The normalized spacial score (nSPS) is 20.3. The van der Waals surface area contributed by atoms with E-state index in [4.69, 9.17) is 0 Å². The fraction of sp³-hybridized carbons (Fsp3) is 0.889. The lowest BCUT2D eigenvalue weighted by atomic mass is 10.1. The van der Waals surface area contributed by atoms with E-state index in [-0.39, 0.29) is 11.4 Å². The Balaban J connectivity index is 2.82. The van der Waals surface area contributed by atoms with Gasteiger partial charge in [0.15, 0.2) is 14.6 Å². The van der Waals surface area contributed by atoms with Crippen LogP contribution in [0.3, 0.4) is 0 Å². The van der Waals surface area contributed by atoms with Gasteiger partial charge in [-0.05, 0) is 33.6 Å². The SMILES string of the molecule is CC(C)(C)NC(=O)C1(S(C)(=O)=O)CC1. The molecule has 0 atom stereocenters. The molecule has 0 aliphatic heterocycles. The fourth-order valence-electron chi connectivity index (χ4n) is 1.33. The smallest absolute Gasteiger partial charge is 0.241 e. The summed E-state index contributed by atoms with van der Waals surface area (Å²) in [6, 6.07) is 0. The van der Waals surface area contributed by atoms with Gasteiger partial charge in [-0.3, -0.25) is 4.79 Å². The van der Waals surface area contributed by atoms with Crippen molar-refractivity contribution in [1.29, 1.82) is 0 Å². The Morgan fingerprint density at radius 3 is 1.93 bits per heavy atom. The van der Waals surface area contributed by atoms with Crippen LogP contribution in [0.1, 0.15) is 33.6 Å². The van der Waals surface area contributed by atoms with Crippen LogP contribution in [0.4, 0.5) is 0 Å². The average Bonchev–Trinajstić information content (AvgIpc) is 2.56. The Hall–Kier alpha value is -0.580. The summed E-state index contributed by atoms with van der Waals surface area (Å²) < 4.78 is 21.6. The van der Waals surface area contributed by atoms with Gasteiger partial charge in [0, 0.05) is 11.8 Å². The van der Waals surface area contributed by atoms with Crippen LogP contribution in [0.5, 0.6) is 0 Å². The summed E-state index contributed by atoms with van der Waals surface area (Å²) in [6.07, 6.45) is 2.03. The summed E-state index contributed by atoms with van der Waals surface area (Å²) in [5.74, 6) is -0.354. The van der Waals surface area contributed by atoms with E-state index < -0.39 is 14.6 Å². The van der Waals surface area contributed by atoms with Crippen LogP contribution in [-0.4, -0.2) is 30.9 Å². The van der Waals surface area contributed by atoms with Crippen molar-refractivity contribution in [2.75, 3.05) is 6.26 Å². The lowest BCUT2D eigenvalue weighted by Crippen LogP contribution is -2.49. The van der Waals surface area contributed by atoms with Crippen molar-refractivity contribution in [3.63, 3.8) is 0 Å². The van der Waals surface area contributed by atoms with Gasteiger partial charge >= 0.3 is 0 Å². The third-order valence-electron chi connectivity index (χ3n) is 2.32. The molecule has 1 aliphatic rings. The molecule has 1 saturated carbocycles. The van der Waals surface area contributed by atoms with E-state index >= 15 is 0 Å². The molecule has 14 heavy (non-hydrogen) atoms. The van der Waals surface area contributed by atoms with Gasteiger partial charge in [0.1, 0.15) is 0 Å². The fourth-order valence-corrected chi connectivity index (χ4v) is 2.57. The molecule has 0 heterocycles. The zero-order chi connectivity index (χ0) is 11.2. The Morgan fingerprint density at radius 2 is 1.71 bits per heavy atom. The molecule has 0 spiro atoms. The second-order valence-corrected chi connectivity index (χ2v) is 7.30. The van der Waals surface area contributed by atoms with Crippen molar-refractivity contribution < 1.29 is 13.2 Å².